The SMILES string of the molecule is CC(C)CC1CC(=O)C=CO1. The summed E-state index contributed by atoms with van der Waals surface area (Å²) in [4.78, 5) is 10.9. The van der Waals surface area contributed by atoms with Crippen LogP contribution in [-0.2, 0) is 9.53 Å². The zero-order chi connectivity index (χ0) is 8.27. The molecule has 0 aliphatic carbocycles. The normalized spacial score (nSPS) is 23.9. The van der Waals surface area contributed by atoms with Gasteiger partial charge in [0.25, 0.3) is 0 Å². The highest BCUT2D eigenvalue weighted by Crippen LogP contribution is 2.15. The van der Waals surface area contributed by atoms with Crippen LogP contribution in [0.2, 0.25) is 0 Å². The number of hydrogen-bond donors (Lipinski definition) is 0. The van der Waals surface area contributed by atoms with Crippen molar-refractivity contribution in [3.8, 4) is 0 Å². The number of ketones is 1. The highest BCUT2D eigenvalue weighted by atomic mass is 16.5. The summed E-state index contributed by atoms with van der Waals surface area (Å²) in [5.41, 5.74) is 0. The van der Waals surface area contributed by atoms with Gasteiger partial charge < -0.3 is 4.74 Å². The van der Waals surface area contributed by atoms with Crippen LogP contribution in [0.1, 0.15) is 26.7 Å². The Hall–Kier alpha value is -0.790. The fourth-order valence-electron chi connectivity index (χ4n) is 1.23. The van der Waals surface area contributed by atoms with Crippen molar-refractivity contribution >= 4 is 5.78 Å². The monoisotopic (exact) mass is 154 g/mol. The molecule has 1 atom stereocenters. The summed E-state index contributed by atoms with van der Waals surface area (Å²) in [7, 11) is 0. The number of ether oxygens (including phenoxy) is 1. The molecule has 2 nitrogen and oxygen atoms in total. The molecule has 0 radical (unpaired) electrons. The fourth-order valence-corrected chi connectivity index (χ4v) is 1.23. The third-order valence-corrected chi connectivity index (χ3v) is 1.69. The molecule has 0 aromatic carbocycles. The third-order valence-electron chi connectivity index (χ3n) is 1.69. The molecule has 0 saturated carbocycles. The average molecular weight is 154 g/mol. The Morgan fingerprint density at radius 1 is 1.73 bits per heavy atom. The second-order valence-electron chi connectivity index (χ2n) is 3.36. The van der Waals surface area contributed by atoms with Gasteiger partial charge in [-0.3, -0.25) is 4.79 Å². The lowest BCUT2D eigenvalue weighted by molar-refractivity contribution is -0.118. The van der Waals surface area contributed by atoms with Gasteiger partial charge >= 0.3 is 0 Å². The van der Waals surface area contributed by atoms with E-state index < -0.39 is 0 Å². The first kappa shape index (κ1) is 8.31. The minimum absolute atomic E-state index is 0.118. The smallest absolute Gasteiger partial charge is 0.162 e. The van der Waals surface area contributed by atoms with Crippen LogP contribution in [0.3, 0.4) is 0 Å². The van der Waals surface area contributed by atoms with Crippen LogP contribution in [0, 0.1) is 5.92 Å². The van der Waals surface area contributed by atoms with E-state index in [0.717, 1.165) is 6.42 Å². The Morgan fingerprint density at radius 2 is 2.45 bits per heavy atom. The van der Waals surface area contributed by atoms with Crippen molar-refractivity contribution in [1.29, 1.82) is 0 Å². The minimum atomic E-state index is 0.118. The molecule has 1 aliphatic rings. The summed E-state index contributed by atoms with van der Waals surface area (Å²) >= 11 is 0. The van der Waals surface area contributed by atoms with Crippen LogP contribution >= 0.6 is 0 Å². The van der Waals surface area contributed by atoms with E-state index in [9.17, 15) is 4.79 Å². The fraction of sp³-hybridized carbons (Fsp3) is 0.667. The quantitative estimate of drug-likeness (QED) is 0.607. The van der Waals surface area contributed by atoms with E-state index in [1.165, 1.54) is 12.3 Å². The molecule has 0 amide bonds. The highest BCUT2D eigenvalue weighted by Gasteiger charge is 2.17. The van der Waals surface area contributed by atoms with Gasteiger partial charge in [-0.15, -0.1) is 0 Å². The maximum atomic E-state index is 10.9. The summed E-state index contributed by atoms with van der Waals surface area (Å²) in [6.45, 7) is 4.26. The molecule has 11 heavy (non-hydrogen) atoms. The second-order valence-corrected chi connectivity index (χ2v) is 3.36. The summed E-state index contributed by atoms with van der Waals surface area (Å²) < 4.78 is 5.26. The Kier molecular flexibility index (Phi) is 2.69. The summed E-state index contributed by atoms with van der Waals surface area (Å²) in [5, 5.41) is 0. The third kappa shape index (κ3) is 2.74. The lowest BCUT2D eigenvalue weighted by atomic mass is 10.0. The van der Waals surface area contributed by atoms with Crippen LogP contribution in [0.5, 0.6) is 0 Å². The van der Waals surface area contributed by atoms with Gasteiger partial charge in [-0.2, -0.15) is 0 Å². The van der Waals surface area contributed by atoms with Crippen LogP contribution in [-0.4, -0.2) is 11.9 Å². The topological polar surface area (TPSA) is 26.3 Å². The zero-order valence-corrected chi connectivity index (χ0v) is 7.04. The van der Waals surface area contributed by atoms with Crippen LogP contribution in [0.25, 0.3) is 0 Å². The van der Waals surface area contributed by atoms with E-state index >= 15 is 0 Å². The molecule has 62 valence electrons. The van der Waals surface area contributed by atoms with Crippen molar-refractivity contribution in [1.82, 2.24) is 0 Å². The van der Waals surface area contributed by atoms with Gasteiger partial charge in [-0.1, -0.05) is 13.8 Å². The molecule has 1 unspecified atom stereocenters. The molecule has 0 bridgehead atoms. The first-order valence-electron chi connectivity index (χ1n) is 4.03. The van der Waals surface area contributed by atoms with Crippen molar-refractivity contribution in [3.05, 3.63) is 12.3 Å². The van der Waals surface area contributed by atoms with E-state index in [-0.39, 0.29) is 11.9 Å². The van der Waals surface area contributed by atoms with Gasteiger partial charge in [0, 0.05) is 12.5 Å². The lowest BCUT2D eigenvalue weighted by Crippen LogP contribution is -2.20. The van der Waals surface area contributed by atoms with Gasteiger partial charge in [0.15, 0.2) is 5.78 Å². The molecule has 1 rings (SSSR count). The molecule has 1 aliphatic heterocycles. The number of rotatable bonds is 2. The number of hydrogen-bond acceptors (Lipinski definition) is 2. The Morgan fingerprint density at radius 3 is 3.00 bits per heavy atom. The average Bonchev–Trinajstić information content (AvgIpc) is 1.85. The van der Waals surface area contributed by atoms with Crippen molar-refractivity contribution in [2.24, 2.45) is 5.92 Å². The second kappa shape index (κ2) is 3.56. The van der Waals surface area contributed by atoms with Gasteiger partial charge in [-0.25, -0.2) is 0 Å². The maximum absolute atomic E-state index is 10.9. The molecule has 0 N–H and O–H groups in total. The van der Waals surface area contributed by atoms with Crippen molar-refractivity contribution in [2.45, 2.75) is 32.8 Å². The van der Waals surface area contributed by atoms with Crippen LogP contribution in [0.4, 0.5) is 0 Å². The Bertz CT molecular complexity index is 170. The lowest BCUT2D eigenvalue weighted by Gasteiger charge is -2.19. The number of allylic oxidation sites excluding steroid dienone is 1. The van der Waals surface area contributed by atoms with E-state index in [4.69, 9.17) is 4.74 Å². The molecular weight excluding hydrogens is 140 g/mol. The zero-order valence-electron chi connectivity index (χ0n) is 7.04. The van der Waals surface area contributed by atoms with Crippen molar-refractivity contribution in [3.63, 3.8) is 0 Å². The van der Waals surface area contributed by atoms with Gasteiger partial charge in [0.05, 0.1) is 6.26 Å². The van der Waals surface area contributed by atoms with E-state index in [1.54, 1.807) is 0 Å². The van der Waals surface area contributed by atoms with Gasteiger partial charge in [0.2, 0.25) is 0 Å². The summed E-state index contributed by atoms with van der Waals surface area (Å²) in [6, 6.07) is 0. The Labute approximate surface area is 67.2 Å². The molecule has 0 aromatic rings. The van der Waals surface area contributed by atoms with Crippen molar-refractivity contribution < 1.29 is 9.53 Å². The number of carbonyl (C=O) groups excluding carboxylic acids is 1. The minimum Gasteiger partial charge on any atom is -0.497 e. The molecule has 0 saturated heterocycles. The molecule has 1 heterocycles. The molecule has 0 fully saturated rings. The summed E-state index contributed by atoms with van der Waals surface area (Å²) in [6.07, 6.45) is 4.65. The predicted molar refractivity (Wildman–Crippen MR) is 43.1 cm³/mol. The first-order chi connectivity index (χ1) is 5.18. The van der Waals surface area contributed by atoms with Crippen molar-refractivity contribution in [2.75, 3.05) is 0 Å². The summed E-state index contributed by atoms with van der Waals surface area (Å²) in [5.74, 6) is 0.779. The maximum Gasteiger partial charge on any atom is 0.162 e. The number of carbonyl (C=O) groups is 1. The van der Waals surface area contributed by atoms with E-state index in [2.05, 4.69) is 13.8 Å². The van der Waals surface area contributed by atoms with Crippen LogP contribution in [0.15, 0.2) is 12.3 Å². The largest absolute Gasteiger partial charge is 0.497 e. The molecule has 0 spiro atoms. The van der Waals surface area contributed by atoms with Crippen LogP contribution < -0.4 is 0 Å². The van der Waals surface area contributed by atoms with E-state index in [1.807, 2.05) is 0 Å². The molecule has 0 aromatic heterocycles. The predicted octanol–water partition coefficient (Wildman–Crippen LogP) is 1.90. The molecule has 2 heteroatoms. The molecular formula is C9H14O2. The van der Waals surface area contributed by atoms with E-state index in [0.29, 0.717) is 12.3 Å². The van der Waals surface area contributed by atoms with Gasteiger partial charge in [-0.05, 0) is 12.3 Å². The highest BCUT2D eigenvalue weighted by molar-refractivity contribution is 5.90. The first-order valence-corrected chi connectivity index (χ1v) is 4.03. The van der Waals surface area contributed by atoms with Gasteiger partial charge in [0.1, 0.15) is 6.10 Å². The Balaban J connectivity index is 2.37. The standard InChI is InChI=1S/C9H14O2/c1-7(2)5-9-6-8(10)3-4-11-9/h3-4,7,9H,5-6H2,1-2H3.